The molecule has 0 saturated carbocycles. The van der Waals surface area contributed by atoms with Crippen LogP contribution in [0.1, 0.15) is 18.4 Å². The van der Waals surface area contributed by atoms with Crippen LogP contribution >= 0.6 is 0 Å². The first-order chi connectivity index (χ1) is 5.22. The van der Waals surface area contributed by atoms with E-state index in [0.29, 0.717) is 5.56 Å². The minimum atomic E-state index is -0.861. The minimum absolute atomic E-state index is 0.531. The van der Waals surface area contributed by atoms with Crippen LogP contribution in [0.15, 0.2) is 18.7 Å². The SMILES string of the molecule is CC(C(=O)O)c1cncnc1. The quantitative estimate of drug-likeness (QED) is 0.676. The third-order valence-corrected chi connectivity index (χ3v) is 1.45. The maximum Gasteiger partial charge on any atom is 0.310 e. The molecule has 0 amide bonds. The maximum absolute atomic E-state index is 10.4. The van der Waals surface area contributed by atoms with Crippen LogP contribution in [-0.4, -0.2) is 21.0 Å². The summed E-state index contributed by atoms with van der Waals surface area (Å²) in [6.45, 7) is 1.60. The second-order valence-electron chi connectivity index (χ2n) is 2.23. The standard InChI is InChI=1S/C7H8N2O2/c1-5(7(10)11)6-2-8-4-9-3-6/h2-5H,1H3,(H,10,11). The molecule has 0 radical (unpaired) electrons. The fourth-order valence-corrected chi connectivity index (χ4v) is 0.677. The number of carbonyl (C=O) groups is 1. The van der Waals surface area contributed by atoms with E-state index in [1.807, 2.05) is 0 Å². The number of carboxylic acids is 1. The number of hydrogen-bond donors (Lipinski definition) is 1. The lowest BCUT2D eigenvalue weighted by molar-refractivity contribution is -0.138. The van der Waals surface area contributed by atoms with Crippen molar-refractivity contribution in [2.24, 2.45) is 0 Å². The van der Waals surface area contributed by atoms with Crippen LogP contribution in [0.2, 0.25) is 0 Å². The van der Waals surface area contributed by atoms with Gasteiger partial charge in [0.2, 0.25) is 0 Å². The number of hydrogen-bond acceptors (Lipinski definition) is 3. The Morgan fingerprint density at radius 3 is 2.55 bits per heavy atom. The van der Waals surface area contributed by atoms with E-state index in [-0.39, 0.29) is 0 Å². The van der Waals surface area contributed by atoms with Crippen LogP contribution in [0.3, 0.4) is 0 Å². The Kier molecular flexibility index (Phi) is 2.15. The summed E-state index contributed by atoms with van der Waals surface area (Å²) in [6, 6.07) is 0. The molecule has 0 fully saturated rings. The van der Waals surface area contributed by atoms with Gasteiger partial charge in [0.1, 0.15) is 6.33 Å². The fraction of sp³-hybridized carbons (Fsp3) is 0.286. The molecule has 0 aliphatic rings. The second kappa shape index (κ2) is 3.09. The van der Waals surface area contributed by atoms with E-state index < -0.39 is 11.9 Å². The smallest absolute Gasteiger partial charge is 0.310 e. The largest absolute Gasteiger partial charge is 0.481 e. The van der Waals surface area contributed by atoms with Crippen LogP contribution in [0.4, 0.5) is 0 Å². The lowest BCUT2D eigenvalue weighted by atomic mass is 10.1. The number of rotatable bonds is 2. The Hall–Kier alpha value is -1.45. The van der Waals surface area contributed by atoms with E-state index in [1.54, 1.807) is 6.92 Å². The summed E-state index contributed by atoms with van der Waals surface area (Å²) in [5, 5.41) is 8.58. The van der Waals surface area contributed by atoms with Crippen molar-refractivity contribution in [3.05, 3.63) is 24.3 Å². The zero-order chi connectivity index (χ0) is 8.27. The molecule has 1 unspecified atom stereocenters. The number of nitrogens with zero attached hydrogens (tertiary/aromatic N) is 2. The number of aliphatic carboxylic acids is 1. The van der Waals surface area contributed by atoms with Crippen LogP contribution in [0.5, 0.6) is 0 Å². The molecule has 1 rings (SSSR count). The second-order valence-corrected chi connectivity index (χ2v) is 2.23. The summed E-state index contributed by atoms with van der Waals surface area (Å²) in [5.74, 6) is -1.39. The molecule has 58 valence electrons. The van der Waals surface area contributed by atoms with Gasteiger partial charge in [0, 0.05) is 18.0 Å². The Labute approximate surface area is 63.9 Å². The molecule has 0 saturated heterocycles. The van der Waals surface area contributed by atoms with Crippen molar-refractivity contribution < 1.29 is 9.90 Å². The molecular formula is C7H8N2O2. The van der Waals surface area contributed by atoms with Gasteiger partial charge in [-0.2, -0.15) is 0 Å². The summed E-state index contributed by atoms with van der Waals surface area (Å²) in [6.07, 6.45) is 4.38. The first kappa shape index (κ1) is 7.65. The van der Waals surface area contributed by atoms with Gasteiger partial charge >= 0.3 is 5.97 Å². The van der Waals surface area contributed by atoms with E-state index in [9.17, 15) is 4.79 Å². The molecule has 4 nitrogen and oxygen atoms in total. The zero-order valence-electron chi connectivity index (χ0n) is 6.06. The molecule has 0 aliphatic heterocycles. The minimum Gasteiger partial charge on any atom is -0.481 e. The van der Waals surface area contributed by atoms with Crippen molar-refractivity contribution in [1.82, 2.24) is 9.97 Å². The van der Waals surface area contributed by atoms with E-state index >= 15 is 0 Å². The third kappa shape index (κ3) is 1.73. The normalized spacial score (nSPS) is 12.5. The van der Waals surface area contributed by atoms with Crippen molar-refractivity contribution in [2.45, 2.75) is 12.8 Å². The average molecular weight is 152 g/mol. The highest BCUT2D eigenvalue weighted by Crippen LogP contribution is 2.11. The average Bonchev–Trinajstić information content (AvgIpc) is 2.05. The first-order valence-electron chi connectivity index (χ1n) is 3.19. The van der Waals surface area contributed by atoms with Gasteiger partial charge in [-0.05, 0) is 6.92 Å². The lowest BCUT2D eigenvalue weighted by Gasteiger charge is -2.02. The number of carboxylic acid groups (broad SMARTS) is 1. The molecule has 1 heterocycles. The molecule has 1 aromatic heterocycles. The molecule has 0 aliphatic carbocycles. The third-order valence-electron chi connectivity index (χ3n) is 1.45. The van der Waals surface area contributed by atoms with Crippen LogP contribution in [0.25, 0.3) is 0 Å². The molecule has 11 heavy (non-hydrogen) atoms. The molecule has 0 bridgehead atoms. The maximum atomic E-state index is 10.4. The monoisotopic (exact) mass is 152 g/mol. The highest BCUT2D eigenvalue weighted by Gasteiger charge is 2.12. The van der Waals surface area contributed by atoms with Crippen molar-refractivity contribution in [3.63, 3.8) is 0 Å². The van der Waals surface area contributed by atoms with Crippen LogP contribution < -0.4 is 0 Å². The Balaban J connectivity index is 2.85. The van der Waals surface area contributed by atoms with Crippen molar-refractivity contribution in [2.75, 3.05) is 0 Å². The number of aromatic nitrogens is 2. The summed E-state index contributed by atoms with van der Waals surface area (Å²) in [5.41, 5.74) is 0.625. The van der Waals surface area contributed by atoms with E-state index in [4.69, 9.17) is 5.11 Å². The van der Waals surface area contributed by atoms with Gasteiger partial charge in [-0.15, -0.1) is 0 Å². The lowest BCUT2D eigenvalue weighted by Crippen LogP contribution is -2.07. The highest BCUT2D eigenvalue weighted by atomic mass is 16.4. The van der Waals surface area contributed by atoms with Gasteiger partial charge in [0.25, 0.3) is 0 Å². The predicted octanol–water partition coefficient (Wildman–Crippen LogP) is 0.665. The molecule has 1 N–H and O–H groups in total. The van der Waals surface area contributed by atoms with Gasteiger partial charge in [-0.25, -0.2) is 9.97 Å². The van der Waals surface area contributed by atoms with Gasteiger partial charge in [-0.3, -0.25) is 4.79 Å². The summed E-state index contributed by atoms with van der Waals surface area (Å²) in [4.78, 5) is 17.9. The summed E-state index contributed by atoms with van der Waals surface area (Å²) < 4.78 is 0. The Morgan fingerprint density at radius 2 is 2.09 bits per heavy atom. The molecule has 0 aromatic carbocycles. The van der Waals surface area contributed by atoms with E-state index in [0.717, 1.165) is 0 Å². The van der Waals surface area contributed by atoms with Crippen molar-refractivity contribution >= 4 is 5.97 Å². The van der Waals surface area contributed by atoms with Gasteiger partial charge < -0.3 is 5.11 Å². The van der Waals surface area contributed by atoms with Gasteiger partial charge in [-0.1, -0.05) is 0 Å². The van der Waals surface area contributed by atoms with Gasteiger partial charge in [0.05, 0.1) is 5.92 Å². The highest BCUT2D eigenvalue weighted by molar-refractivity contribution is 5.75. The molecule has 1 atom stereocenters. The van der Waals surface area contributed by atoms with E-state index in [2.05, 4.69) is 9.97 Å². The molecule has 0 spiro atoms. The molecule has 1 aromatic rings. The molecular weight excluding hydrogens is 144 g/mol. The van der Waals surface area contributed by atoms with Gasteiger partial charge in [0.15, 0.2) is 0 Å². The Bertz CT molecular complexity index is 248. The van der Waals surface area contributed by atoms with E-state index in [1.165, 1.54) is 18.7 Å². The Morgan fingerprint density at radius 1 is 1.55 bits per heavy atom. The first-order valence-corrected chi connectivity index (χ1v) is 3.19. The topological polar surface area (TPSA) is 63.1 Å². The zero-order valence-corrected chi connectivity index (χ0v) is 6.06. The fourth-order valence-electron chi connectivity index (χ4n) is 0.677. The molecule has 4 heteroatoms. The summed E-state index contributed by atoms with van der Waals surface area (Å²) >= 11 is 0. The van der Waals surface area contributed by atoms with Crippen LogP contribution in [0, 0.1) is 0 Å². The van der Waals surface area contributed by atoms with Crippen molar-refractivity contribution in [3.8, 4) is 0 Å². The summed E-state index contributed by atoms with van der Waals surface area (Å²) in [7, 11) is 0. The van der Waals surface area contributed by atoms with Crippen LogP contribution in [-0.2, 0) is 4.79 Å². The predicted molar refractivity (Wildman–Crippen MR) is 38.1 cm³/mol. The van der Waals surface area contributed by atoms with Crippen molar-refractivity contribution in [1.29, 1.82) is 0 Å².